The molecule has 1 saturated heterocycles. The Morgan fingerprint density at radius 3 is 2.10 bits per heavy atom. The number of aryl methyl sites for hydroxylation is 1. The molecule has 1 aliphatic heterocycles. The highest BCUT2D eigenvalue weighted by molar-refractivity contribution is 7.89. The van der Waals surface area contributed by atoms with Crippen LogP contribution in [0.1, 0.15) is 35.6 Å². The van der Waals surface area contributed by atoms with Crippen molar-refractivity contribution in [1.82, 2.24) is 4.31 Å². The van der Waals surface area contributed by atoms with Crippen molar-refractivity contribution in [2.75, 3.05) is 0 Å². The predicted octanol–water partition coefficient (Wildman–Crippen LogP) is 5.06. The zero-order valence-corrected chi connectivity index (χ0v) is 17.8. The van der Waals surface area contributed by atoms with Crippen molar-refractivity contribution in [3.63, 3.8) is 0 Å². The van der Waals surface area contributed by atoms with E-state index in [1.807, 2.05) is 79.7 Å². The molecule has 3 aromatic rings. The third-order valence-corrected chi connectivity index (χ3v) is 8.14. The summed E-state index contributed by atoms with van der Waals surface area (Å²) in [6.07, 6.45) is 1.51. The Morgan fingerprint density at radius 2 is 1.50 bits per heavy atom. The Hall–Kier alpha value is -2.47. The van der Waals surface area contributed by atoms with Gasteiger partial charge in [0.05, 0.1) is 17.5 Å². The number of hydrogen-bond donors (Lipinski definition) is 0. The average Bonchev–Trinajstić information content (AvgIpc) is 3.57. The number of benzene rings is 3. The largest absolute Gasteiger partial charge is 0.357 e. The van der Waals surface area contributed by atoms with E-state index in [-0.39, 0.29) is 11.5 Å². The van der Waals surface area contributed by atoms with E-state index in [1.165, 1.54) is 0 Å². The van der Waals surface area contributed by atoms with Crippen LogP contribution >= 0.6 is 0 Å². The first-order valence-electron chi connectivity index (χ1n) is 10.3. The van der Waals surface area contributed by atoms with Gasteiger partial charge in [-0.05, 0) is 43.0 Å². The fourth-order valence-corrected chi connectivity index (χ4v) is 6.42. The fourth-order valence-electron chi connectivity index (χ4n) is 4.56. The molecule has 5 heteroatoms. The maximum absolute atomic E-state index is 13.7. The minimum Gasteiger partial charge on any atom is -0.357 e. The fraction of sp³-hybridized carbons (Fsp3) is 0.280. The van der Waals surface area contributed by atoms with Crippen molar-refractivity contribution in [2.45, 2.75) is 43.5 Å². The van der Waals surface area contributed by atoms with E-state index in [0.717, 1.165) is 29.5 Å². The molecule has 5 rings (SSSR count). The number of rotatable bonds is 6. The quantitative estimate of drug-likeness (QED) is 0.561. The van der Waals surface area contributed by atoms with Crippen LogP contribution in [0.2, 0.25) is 0 Å². The molecule has 154 valence electrons. The highest BCUT2D eigenvalue weighted by Crippen LogP contribution is 2.70. The number of nitrogens with zero attached hydrogens (tertiary/aromatic N) is 1. The lowest BCUT2D eigenvalue weighted by Crippen LogP contribution is -2.63. The van der Waals surface area contributed by atoms with E-state index >= 15 is 0 Å². The van der Waals surface area contributed by atoms with Crippen molar-refractivity contribution in [2.24, 2.45) is 5.41 Å². The van der Waals surface area contributed by atoms with Crippen LogP contribution in [0.4, 0.5) is 0 Å². The van der Waals surface area contributed by atoms with Gasteiger partial charge in [-0.25, -0.2) is 8.42 Å². The molecule has 2 atom stereocenters. The zero-order chi connectivity index (χ0) is 20.8. The second kappa shape index (κ2) is 7.34. The number of ether oxygens (including phenoxy) is 1. The Kier molecular flexibility index (Phi) is 4.77. The summed E-state index contributed by atoms with van der Waals surface area (Å²) >= 11 is 0. The molecule has 0 unspecified atom stereocenters. The maximum Gasteiger partial charge on any atom is 0.245 e. The molecule has 1 saturated carbocycles. The monoisotopic (exact) mass is 419 g/mol. The third-order valence-electron chi connectivity index (χ3n) is 6.31. The summed E-state index contributed by atoms with van der Waals surface area (Å²) in [5.74, 6) is 0. The van der Waals surface area contributed by atoms with Crippen LogP contribution in [0.3, 0.4) is 0 Å². The standard InChI is InChI=1S/C25H25NO3S/c1-19-12-14-22(15-13-19)30(27,28)26-23(21-10-6-3-7-11-21)25(16-17-25)24(26)29-18-20-8-4-2-5-9-20/h2-15,23-24H,16-18H2,1H3/t23-,24+/m0/s1. The van der Waals surface area contributed by atoms with Gasteiger partial charge < -0.3 is 4.74 Å². The van der Waals surface area contributed by atoms with Gasteiger partial charge in [-0.3, -0.25) is 0 Å². The van der Waals surface area contributed by atoms with Crippen molar-refractivity contribution in [1.29, 1.82) is 0 Å². The number of sulfonamides is 1. The molecule has 0 amide bonds. The van der Waals surface area contributed by atoms with Gasteiger partial charge in [-0.2, -0.15) is 4.31 Å². The lowest BCUT2D eigenvalue weighted by atomic mass is 9.80. The highest BCUT2D eigenvalue weighted by atomic mass is 32.2. The molecular weight excluding hydrogens is 394 g/mol. The van der Waals surface area contributed by atoms with Crippen LogP contribution in [0.25, 0.3) is 0 Å². The molecule has 0 aromatic heterocycles. The molecule has 1 aliphatic carbocycles. The minimum absolute atomic E-state index is 0.131. The van der Waals surface area contributed by atoms with Crippen LogP contribution in [-0.2, 0) is 21.4 Å². The van der Waals surface area contributed by atoms with Gasteiger partial charge in [0.25, 0.3) is 0 Å². The summed E-state index contributed by atoms with van der Waals surface area (Å²) in [7, 11) is -3.69. The van der Waals surface area contributed by atoms with Crippen LogP contribution in [-0.4, -0.2) is 19.0 Å². The lowest BCUT2D eigenvalue weighted by molar-refractivity contribution is -0.184. The Labute approximate surface area is 178 Å². The van der Waals surface area contributed by atoms with Crippen molar-refractivity contribution < 1.29 is 13.2 Å². The van der Waals surface area contributed by atoms with E-state index in [1.54, 1.807) is 16.4 Å². The Bertz CT molecular complexity index is 1120. The average molecular weight is 420 g/mol. The van der Waals surface area contributed by atoms with Crippen LogP contribution < -0.4 is 0 Å². The van der Waals surface area contributed by atoms with Gasteiger partial charge in [-0.1, -0.05) is 78.4 Å². The predicted molar refractivity (Wildman–Crippen MR) is 116 cm³/mol. The first-order valence-corrected chi connectivity index (χ1v) is 11.8. The highest BCUT2D eigenvalue weighted by Gasteiger charge is 2.72. The molecule has 30 heavy (non-hydrogen) atoms. The van der Waals surface area contributed by atoms with Gasteiger partial charge in [0, 0.05) is 5.41 Å². The zero-order valence-electron chi connectivity index (χ0n) is 16.9. The maximum atomic E-state index is 13.7. The summed E-state index contributed by atoms with van der Waals surface area (Å²) in [5, 5.41) is 0. The molecule has 0 radical (unpaired) electrons. The van der Waals surface area contributed by atoms with Gasteiger partial charge in [-0.15, -0.1) is 0 Å². The lowest BCUT2D eigenvalue weighted by Gasteiger charge is -2.54. The number of hydrogen-bond acceptors (Lipinski definition) is 3. The van der Waals surface area contributed by atoms with Crippen molar-refractivity contribution in [3.8, 4) is 0 Å². The molecule has 1 spiro atoms. The van der Waals surface area contributed by atoms with E-state index in [4.69, 9.17) is 4.74 Å². The summed E-state index contributed by atoms with van der Waals surface area (Å²) in [6, 6.07) is 26.8. The first-order chi connectivity index (χ1) is 14.5. The SMILES string of the molecule is Cc1ccc(S(=O)(=O)N2[C@@H](c3ccccc3)C3(CC3)[C@H]2OCc2ccccc2)cc1. The first kappa shape index (κ1) is 19.5. The van der Waals surface area contributed by atoms with E-state index < -0.39 is 16.3 Å². The summed E-state index contributed by atoms with van der Waals surface area (Å²) in [4.78, 5) is 0.317. The molecule has 3 aromatic carbocycles. The molecule has 4 nitrogen and oxygen atoms in total. The third kappa shape index (κ3) is 3.18. The smallest absolute Gasteiger partial charge is 0.245 e. The summed E-state index contributed by atoms with van der Waals surface area (Å²) in [6.45, 7) is 2.35. The molecule has 1 heterocycles. The van der Waals surface area contributed by atoms with Crippen molar-refractivity contribution >= 4 is 10.0 Å². The van der Waals surface area contributed by atoms with E-state index in [0.29, 0.717) is 11.5 Å². The van der Waals surface area contributed by atoms with E-state index in [2.05, 4.69) is 0 Å². The normalized spacial score (nSPS) is 22.6. The second-order valence-electron chi connectivity index (χ2n) is 8.34. The summed E-state index contributed by atoms with van der Waals surface area (Å²) < 4.78 is 35.3. The molecule has 0 bridgehead atoms. The van der Waals surface area contributed by atoms with Crippen LogP contribution in [0, 0.1) is 12.3 Å². The van der Waals surface area contributed by atoms with E-state index in [9.17, 15) is 8.42 Å². The molecule has 0 N–H and O–H groups in total. The van der Waals surface area contributed by atoms with Gasteiger partial charge >= 0.3 is 0 Å². The molecule has 2 fully saturated rings. The second-order valence-corrected chi connectivity index (χ2v) is 10.2. The van der Waals surface area contributed by atoms with Crippen molar-refractivity contribution in [3.05, 3.63) is 102 Å². The summed E-state index contributed by atoms with van der Waals surface area (Å²) in [5.41, 5.74) is 2.98. The van der Waals surface area contributed by atoms with Gasteiger partial charge in [0.1, 0.15) is 6.23 Å². The Morgan fingerprint density at radius 1 is 0.900 bits per heavy atom. The molecular formula is C25H25NO3S. The van der Waals surface area contributed by atoms with Gasteiger partial charge in [0.2, 0.25) is 10.0 Å². The van der Waals surface area contributed by atoms with Crippen LogP contribution in [0.15, 0.2) is 89.8 Å². The van der Waals surface area contributed by atoms with Gasteiger partial charge in [0.15, 0.2) is 0 Å². The van der Waals surface area contributed by atoms with Crippen LogP contribution in [0.5, 0.6) is 0 Å². The topological polar surface area (TPSA) is 46.6 Å². The minimum atomic E-state index is -3.69. The molecule has 2 aliphatic rings. The Balaban J connectivity index is 1.51.